The second kappa shape index (κ2) is 12.0. The van der Waals surface area contributed by atoms with Crippen LogP contribution in [0.3, 0.4) is 0 Å². The topological polar surface area (TPSA) is 70.3 Å². The van der Waals surface area contributed by atoms with E-state index in [2.05, 4.69) is 38.6 Å². The van der Waals surface area contributed by atoms with Crippen LogP contribution in [0.4, 0.5) is 19.0 Å². The molecule has 0 radical (unpaired) electrons. The molecule has 11 heteroatoms. The van der Waals surface area contributed by atoms with E-state index in [0.717, 1.165) is 49.8 Å². The van der Waals surface area contributed by atoms with E-state index in [4.69, 9.17) is 11.6 Å². The Labute approximate surface area is 233 Å². The summed E-state index contributed by atoms with van der Waals surface area (Å²) in [5.41, 5.74) is 0.764. The van der Waals surface area contributed by atoms with Crippen LogP contribution >= 0.6 is 11.6 Å². The van der Waals surface area contributed by atoms with Gasteiger partial charge in [0.15, 0.2) is 17.0 Å². The zero-order valence-corrected chi connectivity index (χ0v) is 23.8. The molecular formula is C28H38ClF3N6O. The van der Waals surface area contributed by atoms with Crippen LogP contribution in [-0.4, -0.2) is 60.8 Å². The van der Waals surface area contributed by atoms with Crippen molar-refractivity contribution in [3.8, 4) is 0 Å². The predicted octanol–water partition coefficient (Wildman–Crippen LogP) is 6.49. The summed E-state index contributed by atoms with van der Waals surface area (Å²) in [6.07, 6.45) is 1.69. The van der Waals surface area contributed by atoms with Crippen LogP contribution in [0.15, 0.2) is 30.6 Å². The molecule has 3 heterocycles. The number of fused-ring (bicyclic) bond motifs is 1. The van der Waals surface area contributed by atoms with Crippen molar-refractivity contribution in [1.82, 2.24) is 24.4 Å². The Bertz CT molecular complexity index is 1240. The van der Waals surface area contributed by atoms with Gasteiger partial charge in [0, 0.05) is 31.7 Å². The van der Waals surface area contributed by atoms with E-state index >= 15 is 0 Å². The molecule has 2 aromatic heterocycles. The fraction of sp³-hybridized carbons (Fsp3) is 0.607. The quantitative estimate of drug-likeness (QED) is 0.344. The molecule has 2 aliphatic rings. The van der Waals surface area contributed by atoms with Crippen molar-refractivity contribution in [3.63, 3.8) is 0 Å². The lowest BCUT2D eigenvalue weighted by molar-refractivity contribution is -0.137. The van der Waals surface area contributed by atoms with Crippen LogP contribution < -0.4 is 4.90 Å². The van der Waals surface area contributed by atoms with Crippen LogP contribution in [0, 0.1) is 0 Å². The van der Waals surface area contributed by atoms with E-state index in [1.54, 1.807) is 18.5 Å². The lowest BCUT2D eigenvalue weighted by Crippen LogP contribution is -2.53. The van der Waals surface area contributed by atoms with Gasteiger partial charge in [-0.2, -0.15) is 23.1 Å². The van der Waals surface area contributed by atoms with E-state index in [9.17, 15) is 18.3 Å². The maximum Gasteiger partial charge on any atom is 0.416 e. The molecule has 2 atom stereocenters. The Morgan fingerprint density at radius 3 is 2.36 bits per heavy atom. The van der Waals surface area contributed by atoms with Gasteiger partial charge in [-0.15, -0.1) is 0 Å². The molecule has 3 aromatic rings. The average molecular weight is 567 g/mol. The number of imidazole rings is 1. The third kappa shape index (κ3) is 6.33. The Morgan fingerprint density at radius 1 is 1.10 bits per heavy atom. The zero-order chi connectivity index (χ0) is 28.4. The third-order valence-corrected chi connectivity index (χ3v) is 7.97. The number of alkyl halides is 3. The Morgan fingerprint density at radius 2 is 1.77 bits per heavy atom. The summed E-state index contributed by atoms with van der Waals surface area (Å²) in [6, 6.07) is 5.59. The Hall–Kier alpha value is -2.43. The largest absolute Gasteiger partial charge is 0.416 e. The number of halogens is 4. The highest BCUT2D eigenvalue weighted by Crippen LogP contribution is 2.35. The highest BCUT2D eigenvalue weighted by Gasteiger charge is 2.35. The fourth-order valence-electron chi connectivity index (χ4n) is 5.91. The number of piperazine rings is 1. The maximum absolute atomic E-state index is 13.0. The van der Waals surface area contributed by atoms with Gasteiger partial charge in [-0.1, -0.05) is 45.7 Å². The summed E-state index contributed by atoms with van der Waals surface area (Å²) in [6.45, 7) is 10.7. The van der Waals surface area contributed by atoms with Gasteiger partial charge in [0.25, 0.3) is 0 Å². The van der Waals surface area contributed by atoms with Gasteiger partial charge in [0.05, 0.1) is 24.0 Å². The van der Waals surface area contributed by atoms with E-state index in [1.165, 1.54) is 0 Å². The monoisotopic (exact) mass is 566 g/mol. The van der Waals surface area contributed by atoms with Crippen molar-refractivity contribution in [2.75, 3.05) is 24.5 Å². The van der Waals surface area contributed by atoms with Crippen molar-refractivity contribution in [3.05, 3.63) is 47.0 Å². The van der Waals surface area contributed by atoms with Gasteiger partial charge in [-0.3, -0.25) is 4.90 Å². The van der Waals surface area contributed by atoms with E-state index in [-0.39, 0.29) is 17.4 Å². The number of hydrogen-bond donors (Lipinski definition) is 1. The van der Waals surface area contributed by atoms with Crippen molar-refractivity contribution in [2.45, 2.75) is 90.2 Å². The van der Waals surface area contributed by atoms with Gasteiger partial charge in [0.2, 0.25) is 5.28 Å². The molecule has 39 heavy (non-hydrogen) atoms. The molecule has 214 valence electrons. The number of aromatic nitrogens is 4. The van der Waals surface area contributed by atoms with Crippen LogP contribution in [0.25, 0.3) is 11.2 Å². The van der Waals surface area contributed by atoms with Gasteiger partial charge < -0.3 is 14.6 Å². The number of aliphatic hydroxyl groups is 1. The maximum atomic E-state index is 13.0. The first kappa shape index (κ1) is 29.6. The number of benzene rings is 1. The van der Waals surface area contributed by atoms with Gasteiger partial charge >= 0.3 is 6.18 Å². The van der Waals surface area contributed by atoms with Crippen molar-refractivity contribution in [2.24, 2.45) is 0 Å². The molecule has 1 saturated heterocycles. The smallest absolute Gasteiger partial charge is 0.388 e. The highest BCUT2D eigenvalue weighted by molar-refractivity contribution is 6.28. The number of nitrogens with zero attached hydrogens (tertiary/aromatic N) is 6. The Kier molecular flexibility index (Phi) is 9.08. The first-order chi connectivity index (χ1) is 18.6. The van der Waals surface area contributed by atoms with E-state index < -0.39 is 17.3 Å². The summed E-state index contributed by atoms with van der Waals surface area (Å²) >= 11 is 6.35. The van der Waals surface area contributed by atoms with Gasteiger partial charge in [-0.05, 0) is 55.5 Å². The number of hydrogen-bond acceptors (Lipinski definition) is 6. The molecule has 0 bridgehead atoms. The second-order valence-electron chi connectivity index (χ2n) is 10.4. The molecule has 0 spiro atoms. The predicted molar refractivity (Wildman–Crippen MR) is 148 cm³/mol. The molecule has 0 amide bonds. The summed E-state index contributed by atoms with van der Waals surface area (Å²) in [5, 5.41) is 11.0. The first-order valence-corrected chi connectivity index (χ1v) is 14.2. The van der Waals surface area contributed by atoms with Crippen molar-refractivity contribution >= 4 is 28.6 Å². The summed E-state index contributed by atoms with van der Waals surface area (Å²) < 4.78 is 40.9. The molecule has 2 fully saturated rings. The second-order valence-corrected chi connectivity index (χ2v) is 10.7. The minimum absolute atomic E-state index is 0.0206. The van der Waals surface area contributed by atoms with Gasteiger partial charge in [0.1, 0.15) is 0 Å². The lowest BCUT2D eigenvalue weighted by Gasteiger charge is -2.43. The summed E-state index contributed by atoms with van der Waals surface area (Å²) in [4.78, 5) is 18.1. The van der Waals surface area contributed by atoms with E-state index in [0.29, 0.717) is 43.2 Å². The Balaban J connectivity index is 0.00000172. The van der Waals surface area contributed by atoms with Crippen molar-refractivity contribution in [1.29, 1.82) is 0 Å². The van der Waals surface area contributed by atoms with Gasteiger partial charge in [-0.25, -0.2) is 4.98 Å². The first-order valence-electron chi connectivity index (χ1n) is 13.9. The van der Waals surface area contributed by atoms with Crippen LogP contribution in [-0.2, 0) is 12.7 Å². The molecule has 7 nitrogen and oxygen atoms in total. The SMILES string of the molecule is CC.CCC(c1ccc(C(F)(F)F)cc1)N1CCN(c2nc(Cl)nc3c2ncn3CC2(O)CCCC2)C(C)C1. The standard InChI is InChI=1S/C26H32ClF3N6O.C2H6/c1-3-20(18-6-8-19(9-7-18)26(28,29)30)34-12-13-36(17(2)14-34)23-21-22(32-24(27)33-23)35(16-31-21)15-25(37)10-4-5-11-25;1-2/h6-9,16-17,20,37H,3-5,10-15H2,1-2H3;1-2H3. The average Bonchev–Trinajstić information content (AvgIpc) is 3.51. The summed E-state index contributed by atoms with van der Waals surface area (Å²) in [7, 11) is 0. The minimum atomic E-state index is -4.34. The minimum Gasteiger partial charge on any atom is -0.388 e. The molecule has 1 aliphatic carbocycles. The molecule has 1 aromatic carbocycles. The molecule has 1 aliphatic heterocycles. The molecule has 2 unspecified atom stereocenters. The van der Waals surface area contributed by atoms with Crippen LogP contribution in [0.2, 0.25) is 5.28 Å². The molecular weight excluding hydrogens is 529 g/mol. The van der Waals surface area contributed by atoms with Crippen molar-refractivity contribution < 1.29 is 18.3 Å². The third-order valence-electron chi connectivity index (χ3n) is 7.80. The normalized spacial score (nSPS) is 20.6. The molecule has 1 N–H and O–H groups in total. The molecule has 5 rings (SSSR count). The lowest BCUT2D eigenvalue weighted by atomic mass is 9.99. The van der Waals surface area contributed by atoms with E-state index in [1.807, 2.05) is 18.4 Å². The summed E-state index contributed by atoms with van der Waals surface area (Å²) in [5.74, 6) is 0.668. The van der Waals surface area contributed by atoms with Crippen LogP contribution in [0.5, 0.6) is 0 Å². The number of anilines is 1. The molecule has 1 saturated carbocycles. The van der Waals surface area contributed by atoms with Crippen LogP contribution in [0.1, 0.15) is 77.0 Å². The fourth-order valence-corrected chi connectivity index (χ4v) is 6.07. The number of rotatable bonds is 6. The highest BCUT2D eigenvalue weighted by atomic mass is 35.5. The zero-order valence-electron chi connectivity index (χ0n) is 23.0.